The number of aryl methyl sites for hydroxylation is 1. The van der Waals surface area contributed by atoms with E-state index < -0.39 is 0 Å². The van der Waals surface area contributed by atoms with E-state index >= 15 is 0 Å². The molecule has 0 aromatic heterocycles. The molecule has 0 bridgehead atoms. The molecule has 0 saturated heterocycles. The third-order valence-corrected chi connectivity index (χ3v) is 4.63. The van der Waals surface area contributed by atoms with Crippen LogP contribution in [0.3, 0.4) is 0 Å². The molecular formula is C20H25Cl2N3O2. The first-order chi connectivity index (χ1) is 12.1. The largest absolute Gasteiger partial charge is 0.399 e. The van der Waals surface area contributed by atoms with E-state index in [2.05, 4.69) is 10.6 Å². The summed E-state index contributed by atoms with van der Waals surface area (Å²) >= 11 is 6.25. The first-order valence-corrected chi connectivity index (χ1v) is 8.80. The molecule has 2 amide bonds. The Labute approximate surface area is 171 Å². The molecule has 0 spiro atoms. The molecular weight excluding hydrogens is 385 g/mol. The number of hydrogen-bond acceptors (Lipinski definition) is 3. The van der Waals surface area contributed by atoms with Gasteiger partial charge in [-0.15, -0.1) is 12.4 Å². The first kappa shape index (κ1) is 22.8. The molecule has 27 heavy (non-hydrogen) atoms. The van der Waals surface area contributed by atoms with Crippen molar-refractivity contribution in [1.29, 1.82) is 0 Å². The van der Waals surface area contributed by atoms with Crippen LogP contribution in [0, 0.1) is 6.92 Å². The van der Waals surface area contributed by atoms with E-state index in [9.17, 15) is 9.59 Å². The Bertz CT molecular complexity index is 851. The van der Waals surface area contributed by atoms with Gasteiger partial charge >= 0.3 is 0 Å². The van der Waals surface area contributed by atoms with Crippen molar-refractivity contribution in [1.82, 2.24) is 5.32 Å². The standard InChI is InChI=1S/C20H24ClN3O2.ClH/c1-5-20(3,4)24-19(26)15-9-8-14(11-17(15)21)23-18(25)16-10-13(22)7-6-12(16)2;/h6-11H,5,22H2,1-4H3,(H,23,25)(H,24,26);1H. The van der Waals surface area contributed by atoms with E-state index in [0.717, 1.165) is 12.0 Å². The lowest BCUT2D eigenvalue weighted by molar-refractivity contribution is 0.0911. The highest BCUT2D eigenvalue weighted by molar-refractivity contribution is 6.34. The van der Waals surface area contributed by atoms with Gasteiger partial charge < -0.3 is 16.4 Å². The molecule has 0 fully saturated rings. The average Bonchev–Trinajstić information content (AvgIpc) is 2.56. The lowest BCUT2D eigenvalue weighted by Crippen LogP contribution is -2.42. The Morgan fingerprint density at radius 1 is 1.07 bits per heavy atom. The van der Waals surface area contributed by atoms with Gasteiger partial charge in [-0.3, -0.25) is 9.59 Å². The Morgan fingerprint density at radius 2 is 1.74 bits per heavy atom. The number of benzene rings is 2. The second-order valence-corrected chi connectivity index (χ2v) is 7.32. The molecule has 146 valence electrons. The Balaban J connectivity index is 0.00000364. The first-order valence-electron chi connectivity index (χ1n) is 8.42. The van der Waals surface area contributed by atoms with Gasteiger partial charge in [-0.05, 0) is 63.1 Å². The summed E-state index contributed by atoms with van der Waals surface area (Å²) in [5.74, 6) is -0.526. The molecule has 0 aliphatic heterocycles. The molecule has 5 nitrogen and oxygen atoms in total. The molecule has 2 aromatic carbocycles. The number of rotatable bonds is 5. The number of carbonyl (C=O) groups is 2. The van der Waals surface area contributed by atoms with E-state index in [1.54, 1.807) is 36.4 Å². The molecule has 0 saturated carbocycles. The van der Waals surface area contributed by atoms with Crippen LogP contribution >= 0.6 is 24.0 Å². The number of halogens is 2. The summed E-state index contributed by atoms with van der Waals surface area (Å²) in [6.45, 7) is 7.73. The Morgan fingerprint density at radius 3 is 2.33 bits per heavy atom. The fourth-order valence-electron chi connectivity index (χ4n) is 2.32. The van der Waals surface area contributed by atoms with Crippen molar-refractivity contribution in [3.63, 3.8) is 0 Å². The maximum Gasteiger partial charge on any atom is 0.256 e. The van der Waals surface area contributed by atoms with Gasteiger partial charge in [-0.1, -0.05) is 24.6 Å². The van der Waals surface area contributed by atoms with Gasteiger partial charge in [0.05, 0.1) is 10.6 Å². The predicted molar refractivity (Wildman–Crippen MR) is 114 cm³/mol. The molecule has 2 rings (SSSR count). The molecule has 0 unspecified atom stereocenters. The summed E-state index contributed by atoms with van der Waals surface area (Å²) in [6, 6.07) is 9.98. The zero-order valence-corrected chi connectivity index (χ0v) is 17.4. The highest BCUT2D eigenvalue weighted by atomic mass is 35.5. The van der Waals surface area contributed by atoms with Gasteiger partial charge in [0.1, 0.15) is 0 Å². The number of carbonyl (C=O) groups excluding carboxylic acids is 2. The minimum atomic E-state index is -0.321. The van der Waals surface area contributed by atoms with E-state index in [0.29, 0.717) is 22.5 Å². The van der Waals surface area contributed by atoms with E-state index in [1.807, 2.05) is 27.7 Å². The normalized spacial score (nSPS) is 10.7. The zero-order chi connectivity index (χ0) is 19.5. The van der Waals surface area contributed by atoms with Crippen molar-refractivity contribution in [2.24, 2.45) is 0 Å². The fraction of sp³-hybridized carbons (Fsp3) is 0.300. The van der Waals surface area contributed by atoms with E-state index in [4.69, 9.17) is 17.3 Å². The molecule has 0 atom stereocenters. The predicted octanol–water partition coefficient (Wildman–Crippen LogP) is 4.82. The topological polar surface area (TPSA) is 84.2 Å². The van der Waals surface area contributed by atoms with Crippen LogP contribution in [-0.4, -0.2) is 17.4 Å². The van der Waals surface area contributed by atoms with E-state index in [1.165, 1.54) is 0 Å². The van der Waals surface area contributed by atoms with E-state index in [-0.39, 0.29) is 34.8 Å². The molecule has 7 heteroatoms. The zero-order valence-electron chi connectivity index (χ0n) is 15.9. The quantitative estimate of drug-likeness (QED) is 0.618. The number of nitrogen functional groups attached to an aromatic ring is 1. The number of amides is 2. The van der Waals surface area contributed by atoms with Crippen LogP contribution in [0.5, 0.6) is 0 Å². The molecule has 0 heterocycles. The molecule has 4 N–H and O–H groups in total. The molecule has 0 aliphatic carbocycles. The summed E-state index contributed by atoms with van der Waals surface area (Å²) in [6.07, 6.45) is 0.796. The lowest BCUT2D eigenvalue weighted by atomic mass is 10.0. The van der Waals surface area contributed by atoms with Crippen LogP contribution in [0.4, 0.5) is 11.4 Å². The Kier molecular flexibility index (Phi) is 7.69. The van der Waals surface area contributed by atoms with Crippen molar-refractivity contribution < 1.29 is 9.59 Å². The summed E-state index contributed by atoms with van der Waals surface area (Å²) in [7, 11) is 0. The minimum Gasteiger partial charge on any atom is -0.399 e. The van der Waals surface area contributed by atoms with Crippen molar-refractivity contribution in [2.45, 2.75) is 39.7 Å². The van der Waals surface area contributed by atoms with Crippen LogP contribution in [0.25, 0.3) is 0 Å². The number of hydrogen-bond donors (Lipinski definition) is 3. The van der Waals surface area contributed by atoms with Crippen molar-refractivity contribution >= 4 is 47.2 Å². The summed E-state index contributed by atoms with van der Waals surface area (Å²) in [4.78, 5) is 24.8. The smallest absolute Gasteiger partial charge is 0.256 e. The van der Waals surface area contributed by atoms with Crippen molar-refractivity contribution in [3.8, 4) is 0 Å². The van der Waals surface area contributed by atoms with Crippen molar-refractivity contribution in [3.05, 3.63) is 58.1 Å². The maximum atomic E-state index is 12.5. The minimum absolute atomic E-state index is 0. The van der Waals surface area contributed by atoms with Gasteiger partial charge in [0.25, 0.3) is 11.8 Å². The summed E-state index contributed by atoms with van der Waals surface area (Å²) in [5.41, 5.74) is 8.14. The number of nitrogens with one attached hydrogen (secondary N) is 2. The van der Waals surface area contributed by atoms with Gasteiger partial charge in [0.15, 0.2) is 0 Å². The summed E-state index contributed by atoms with van der Waals surface area (Å²) in [5, 5.41) is 5.99. The molecule has 2 aromatic rings. The van der Waals surface area contributed by atoms with Gasteiger partial charge in [0.2, 0.25) is 0 Å². The van der Waals surface area contributed by atoms with Crippen molar-refractivity contribution in [2.75, 3.05) is 11.1 Å². The Hall–Kier alpha value is -2.24. The highest BCUT2D eigenvalue weighted by Gasteiger charge is 2.20. The van der Waals surface area contributed by atoms with Crippen LogP contribution < -0.4 is 16.4 Å². The fourth-order valence-corrected chi connectivity index (χ4v) is 2.59. The van der Waals surface area contributed by atoms with Crippen LogP contribution in [0.2, 0.25) is 5.02 Å². The molecule has 0 aliphatic rings. The SMILES string of the molecule is CCC(C)(C)NC(=O)c1ccc(NC(=O)c2cc(N)ccc2C)cc1Cl.Cl. The highest BCUT2D eigenvalue weighted by Crippen LogP contribution is 2.23. The average molecular weight is 410 g/mol. The van der Waals surface area contributed by atoms with Gasteiger partial charge in [-0.25, -0.2) is 0 Å². The third kappa shape index (κ3) is 5.88. The lowest BCUT2D eigenvalue weighted by Gasteiger charge is -2.24. The van der Waals surface area contributed by atoms with Gasteiger partial charge in [0, 0.05) is 22.5 Å². The second kappa shape index (κ2) is 9.11. The van der Waals surface area contributed by atoms with Gasteiger partial charge in [-0.2, -0.15) is 0 Å². The van der Waals surface area contributed by atoms with Crippen LogP contribution in [-0.2, 0) is 0 Å². The number of anilines is 2. The second-order valence-electron chi connectivity index (χ2n) is 6.91. The summed E-state index contributed by atoms with van der Waals surface area (Å²) < 4.78 is 0. The monoisotopic (exact) mass is 409 g/mol. The van der Waals surface area contributed by atoms with Crippen LogP contribution in [0.1, 0.15) is 53.5 Å². The van der Waals surface area contributed by atoms with Crippen LogP contribution in [0.15, 0.2) is 36.4 Å². The molecule has 0 radical (unpaired) electrons. The maximum absolute atomic E-state index is 12.5. The number of nitrogens with two attached hydrogens (primary N) is 1. The third-order valence-electron chi connectivity index (χ3n) is 4.31.